The van der Waals surface area contributed by atoms with Gasteiger partial charge in [0, 0.05) is 31.8 Å². The number of likely N-dealkylation sites (N-methyl/N-ethyl adjacent to an activating group) is 1. The van der Waals surface area contributed by atoms with Crippen LogP contribution in [0.4, 0.5) is 5.69 Å². The van der Waals surface area contributed by atoms with Crippen LogP contribution in [0.5, 0.6) is 23.0 Å². The fraction of sp³-hybridized carbons (Fsp3) is 0.458. The summed E-state index contributed by atoms with van der Waals surface area (Å²) in [6.45, 7) is 4.00. The second-order valence-corrected chi connectivity index (χ2v) is 7.31. The molecule has 2 aromatic rings. The molecule has 0 aliphatic heterocycles. The van der Waals surface area contributed by atoms with E-state index in [1.54, 1.807) is 40.3 Å². The lowest BCUT2D eigenvalue weighted by atomic mass is 10.1. The van der Waals surface area contributed by atoms with E-state index in [1.165, 1.54) is 5.56 Å². The van der Waals surface area contributed by atoms with E-state index in [4.69, 9.17) is 18.9 Å². The Balaban J connectivity index is 0.00000512. The maximum absolute atomic E-state index is 12.2. The molecule has 2 rings (SSSR count). The smallest absolute Gasteiger partial charge is 0.223 e. The van der Waals surface area contributed by atoms with Gasteiger partial charge in [-0.15, -0.1) is 12.4 Å². The number of carbonyl (C=O) groups excluding carboxylic acids is 1. The highest BCUT2D eigenvalue weighted by molar-refractivity contribution is 5.91. The first-order valence-corrected chi connectivity index (χ1v) is 10.3. The highest BCUT2D eigenvalue weighted by Crippen LogP contribution is 2.31. The topological polar surface area (TPSA) is 60.5 Å². The number of ether oxygens (including phenoxy) is 4. The highest BCUT2D eigenvalue weighted by atomic mass is 35.5. The van der Waals surface area contributed by atoms with Crippen LogP contribution in [-0.2, 0) is 11.2 Å². The number of hydrogen-bond acceptors (Lipinski definition) is 6. The maximum atomic E-state index is 12.2. The third kappa shape index (κ3) is 7.50. The molecule has 0 aliphatic carbocycles. The van der Waals surface area contributed by atoms with Crippen LogP contribution in [0.1, 0.15) is 18.9 Å². The van der Waals surface area contributed by atoms with Crippen LogP contribution in [0, 0.1) is 0 Å². The minimum absolute atomic E-state index is 0. The average molecular weight is 467 g/mol. The van der Waals surface area contributed by atoms with Crippen molar-refractivity contribution >= 4 is 24.0 Å². The van der Waals surface area contributed by atoms with Crippen LogP contribution in [0.2, 0.25) is 0 Å². The first-order valence-electron chi connectivity index (χ1n) is 10.3. The van der Waals surface area contributed by atoms with E-state index in [1.807, 2.05) is 30.3 Å². The molecule has 8 heteroatoms. The van der Waals surface area contributed by atoms with Gasteiger partial charge in [0.25, 0.3) is 0 Å². The molecule has 0 fully saturated rings. The molecule has 0 unspecified atom stereocenters. The average Bonchev–Trinajstić information content (AvgIpc) is 2.79. The molecule has 0 spiro atoms. The largest absolute Gasteiger partial charge is 0.493 e. The summed E-state index contributed by atoms with van der Waals surface area (Å²) in [4.78, 5) is 16.3. The zero-order chi connectivity index (χ0) is 22.8. The summed E-state index contributed by atoms with van der Waals surface area (Å²) in [6, 6.07) is 11.5. The Kier molecular flexibility index (Phi) is 11.7. The monoisotopic (exact) mass is 466 g/mol. The van der Waals surface area contributed by atoms with Crippen molar-refractivity contribution in [2.75, 3.05) is 60.0 Å². The van der Waals surface area contributed by atoms with Crippen molar-refractivity contribution in [1.29, 1.82) is 0 Å². The van der Waals surface area contributed by atoms with E-state index in [2.05, 4.69) is 18.0 Å². The van der Waals surface area contributed by atoms with Crippen molar-refractivity contribution in [3.8, 4) is 23.0 Å². The number of carbonyl (C=O) groups is 1. The van der Waals surface area contributed by atoms with Crippen LogP contribution in [0.25, 0.3) is 0 Å². The molecule has 7 nitrogen and oxygen atoms in total. The van der Waals surface area contributed by atoms with Gasteiger partial charge in [0.05, 0.1) is 28.4 Å². The lowest BCUT2D eigenvalue weighted by Crippen LogP contribution is -2.32. The molecule has 0 bridgehead atoms. The number of methoxy groups -OCH3 is 4. The summed E-state index contributed by atoms with van der Waals surface area (Å²) in [5.41, 5.74) is 2.00. The SMILES string of the molecule is COc1ccc(CCN(C)CCCN(C(C)=O)c2ccc(OC)c(OC)c2)cc1OC.Cl. The van der Waals surface area contributed by atoms with Crippen molar-refractivity contribution < 1.29 is 23.7 Å². The Bertz CT molecular complexity index is 862. The minimum atomic E-state index is 0. The van der Waals surface area contributed by atoms with Gasteiger partial charge in [0.15, 0.2) is 23.0 Å². The number of benzene rings is 2. The van der Waals surface area contributed by atoms with Gasteiger partial charge in [0.1, 0.15) is 0 Å². The molecule has 0 atom stereocenters. The number of anilines is 1. The summed E-state index contributed by atoms with van der Waals surface area (Å²) in [6.07, 6.45) is 1.76. The van der Waals surface area contributed by atoms with Gasteiger partial charge >= 0.3 is 0 Å². The highest BCUT2D eigenvalue weighted by Gasteiger charge is 2.15. The van der Waals surface area contributed by atoms with Gasteiger partial charge in [-0.3, -0.25) is 4.79 Å². The Morgan fingerprint density at radius 2 is 1.34 bits per heavy atom. The van der Waals surface area contributed by atoms with Crippen molar-refractivity contribution in [1.82, 2.24) is 4.90 Å². The normalized spacial score (nSPS) is 10.3. The zero-order valence-corrected chi connectivity index (χ0v) is 20.7. The summed E-state index contributed by atoms with van der Waals surface area (Å²) in [5, 5.41) is 0. The molecule has 32 heavy (non-hydrogen) atoms. The number of nitrogens with zero attached hydrogens (tertiary/aromatic N) is 2. The van der Waals surface area contributed by atoms with Gasteiger partial charge in [-0.2, -0.15) is 0 Å². The van der Waals surface area contributed by atoms with E-state index in [9.17, 15) is 4.79 Å². The zero-order valence-electron chi connectivity index (χ0n) is 19.8. The molecule has 0 saturated carbocycles. The Hall–Kier alpha value is -2.64. The summed E-state index contributed by atoms with van der Waals surface area (Å²) in [5.74, 6) is 2.73. The molecule has 1 amide bonds. The Labute approximate surface area is 197 Å². The fourth-order valence-electron chi connectivity index (χ4n) is 3.43. The molecule has 178 valence electrons. The second kappa shape index (κ2) is 13.7. The van der Waals surface area contributed by atoms with E-state index in [-0.39, 0.29) is 18.3 Å². The molecule has 0 aliphatic rings. The predicted molar refractivity (Wildman–Crippen MR) is 130 cm³/mol. The van der Waals surface area contributed by atoms with Crippen LogP contribution in [0.3, 0.4) is 0 Å². The number of hydrogen-bond donors (Lipinski definition) is 0. The third-order valence-corrected chi connectivity index (χ3v) is 5.21. The molecule has 0 radical (unpaired) electrons. The quantitative estimate of drug-likeness (QED) is 0.470. The second-order valence-electron chi connectivity index (χ2n) is 7.31. The van der Waals surface area contributed by atoms with E-state index >= 15 is 0 Å². The van der Waals surface area contributed by atoms with Crippen molar-refractivity contribution in [3.63, 3.8) is 0 Å². The maximum Gasteiger partial charge on any atom is 0.223 e. The first-order chi connectivity index (χ1) is 14.9. The molecule has 0 heterocycles. The van der Waals surface area contributed by atoms with Crippen LogP contribution >= 0.6 is 12.4 Å². The lowest BCUT2D eigenvalue weighted by molar-refractivity contribution is -0.116. The van der Waals surface area contributed by atoms with Gasteiger partial charge in [-0.05, 0) is 56.3 Å². The van der Waals surface area contributed by atoms with Crippen molar-refractivity contribution in [3.05, 3.63) is 42.0 Å². The summed E-state index contributed by atoms with van der Waals surface area (Å²) >= 11 is 0. The van der Waals surface area contributed by atoms with Crippen LogP contribution < -0.4 is 23.8 Å². The van der Waals surface area contributed by atoms with E-state index < -0.39 is 0 Å². The number of halogens is 1. The molecule has 0 saturated heterocycles. The minimum Gasteiger partial charge on any atom is -0.493 e. The molecule has 2 aromatic carbocycles. The standard InChI is InChI=1S/C24H34N2O5.ClH/c1-18(27)26(20-9-11-22(29-4)24(17-20)31-6)14-7-13-25(2)15-12-19-8-10-21(28-3)23(16-19)30-5;/h8-11,16-17H,7,12-15H2,1-6H3;1H. The van der Waals surface area contributed by atoms with E-state index in [0.717, 1.165) is 43.1 Å². The molecule has 0 aromatic heterocycles. The van der Waals surface area contributed by atoms with Gasteiger partial charge < -0.3 is 28.7 Å². The molecular weight excluding hydrogens is 432 g/mol. The Morgan fingerprint density at radius 3 is 1.91 bits per heavy atom. The van der Waals surface area contributed by atoms with Gasteiger partial charge in [-0.1, -0.05) is 6.07 Å². The van der Waals surface area contributed by atoms with Gasteiger partial charge in [-0.25, -0.2) is 0 Å². The Morgan fingerprint density at radius 1 is 0.781 bits per heavy atom. The molecular formula is C24H35ClN2O5. The fourth-order valence-corrected chi connectivity index (χ4v) is 3.43. The molecule has 0 N–H and O–H groups in total. The van der Waals surface area contributed by atoms with E-state index in [0.29, 0.717) is 18.0 Å². The first kappa shape index (κ1) is 27.4. The van der Waals surface area contributed by atoms with Crippen LogP contribution in [0.15, 0.2) is 36.4 Å². The summed E-state index contributed by atoms with van der Waals surface area (Å²) in [7, 11) is 8.56. The number of amides is 1. The third-order valence-electron chi connectivity index (χ3n) is 5.21. The lowest BCUT2D eigenvalue weighted by Gasteiger charge is -2.24. The predicted octanol–water partition coefficient (Wildman–Crippen LogP) is 4.06. The van der Waals surface area contributed by atoms with Gasteiger partial charge in [0.2, 0.25) is 5.91 Å². The number of rotatable bonds is 12. The van der Waals surface area contributed by atoms with Crippen LogP contribution in [-0.4, -0.2) is 65.9 Å². The summed E-state index contributed by atoms with van der Waals surface area (Å²) < 4.78 is 21.3. The van der Waals surface area contributed by atoms with Crippen molar-refractivity contribution in [2.45, 2.75) is 19.8 Å². The van der Waals surface area contributed by atoms with Crippen molar-refractivity contribution in [2.24, 2.45) is 0 Å².